The van der Waals surface area contributed by atoms with Crippen LogP contribution in [0.2, 0.25) is 19.6 Å². The zero-order valence-corrected chi connectivity index (χ0v) is 19.8. The van der Waals surface area contributed by atoms with E-state index in [1.54, 1.807) is 0 Å². The molecule has 0 aliphatic rings. The lowest BCUT2D eigenvalue weighted by atomic mass is 10.1. The van der Waals surface area contributed by atoms with Crippen LogP contribution >= 0.6 is 0 Å². The van der Waals surface area contributed by atoms with Crippen molar-refractivity contribution in [3.05, 3.63) is 0 Å². The van der Waals surface area contributed by atoms with Crippen molar-refractivity contribution in [3.63, 3.8) is 0 Å². The molecule has 0 aromatic carbocycles. The normalized spacial score (nSPS) is 14.0. The van der Waals surface area contributed by atoms with E-state index in [0.717, 1.165) is 4.48 Å². The van der Waals surface area contributed by atoms with E-state index in [1.807, 2.05) is 0 Å². The van der Waals surface area contributed by atoms with Crippen LogP contribution in [-0.4, -0.2) is 39.2 Å². The molecular formula is C22H50NOSi+. The molecular weight excluding hydrogens is 322 g/mol. The summed E-state index contributed by atoms with van der Waals surface area (Å²) in [6, 6.07) is 0. The number of hydrogen-bond acceptors (Lipinski definition) is 1. The predicted octanol–water partition coefficient (Wildman–Crippen LogP) is 7.35. The molecule has 3 heteroatoms. The molecule has 0 saturated heterocycles. The first kappa shape index (κ1) is 25.1. The highest BCUT2D eigenvalue weighted by atomic mass is 28.4. The lowest BCUT2D eigenvalue weighted by Gasteiger charge is -2.42. The van der Waals surface area contributed by atoms with E-state index in [1.165, 1.54) is 90.1 Å². The Morgan fingerprint density at radius 3 is 1.40 bits per heavy atom. The van der Waals surface area contributed by atoms with Gasteiger partial charge >= 0.3 is 0 Å². The van der Waals surface area contributed by atoms with E-state index < -0.39 is 8.32 Å². The molecule has 0 amide bonds. The second-order valence-electron chi connectivity index (χ2n) is 9.29. The van der Waals surface area contributed by atoms with Gasteiger partial charge in [0.05, 0.1) is 20.1 Å². The Hall–Kier alpha value is 0.137. The van der Waals surface area contributed by atoms with Crippen molar-refractivity contribution in [2.45, 2.75) is 124 Å². The summed E-state index contributed by atoms with van der Waals surface area (Å²) >= 11 is 0. The molecule has 0 saturated carbocycles. The van der Waals surface area contributed by atoms with Crippen molar-refractivity contribution in [2.24, 2.45) is 0 Å². The van der Waals surface area contributed by atoms with Crippen molar-refractivity contribution < 1.29 is 8.91 Å². The van der Waals surface area contributed by atoms with Crippen molar-refractivity contribution in [3.8, 4) is 0 Å². The maximum Gasteiger partial charge on any atom is 0.191 e. The molecule has 0 rings (SSSR count). The minimum absolute atomic E-state index is 0.345. The average molecular weight is 373 g/mol. The summed E-state index contributed by atoms with van der Waals surface area (Å²) in [5.41, 5.74) is 0. The smallest absolute Gasteiger partial charge is 0.191 e. The van der Waals surface area contributed by atoms with Crippen LogP contribution in [0.1, 0.15) is 97.8 Å². The molecule has 0 radical (unpaired) electrons. The molecule has 0 spiro atoms. The summed E-state index contributed by atoms with van der Waals surface area (Å²) in [7, 11) is 0.971. The van der Waals surface area contributed by atoms with Gasteiger partial charge in [-0.1, -0.05) is 65.2 Å². The number of unbranched alkanes of at least 4 members (excludes halogenated alkanes) is 10. The topological polar surface area (TPSA) is 9.23 Å². The van der Waals surface area contributed by atoms with E-state index in [2.05, 4.69) is 47.5 Å². The van der Waals surface area contributed by atoms with Gasteiger partial charge in [0.2, 0.25) is 0 Å². The summed E-state index contributed by atoms with van der Waals surface area (Å²) in [5.74, 6) is 0. The summed E-state index contributed by atoms with van der Waals surface area (Å²) in [5, 5.41) is 0. The highest BCUT2D eigenvalue weighted by molar-refractivity contribution is 6.69. The molecule has 152 valence electrons. The maximum atomic E-state index is 6.51. The van der Waals surface area contributed by atoms with Gasteiger partial charge in [0.1, 0.15) is 0 Å². The standard InChI is InChI=1S/C22H50NOSi/c1-8-10-12-14-16-18-20-23(4,22(3)24-25(5,6)7)21-19-17-15-13-11-9-2/h22H,8-21H2,1-7H3/q+1. The molecule has 2 nitrogen and oxygen atoms in total. The summed E-state index contributed by atoms with van der Waals surface area (Å²) in [4.78, 5) is 0. The number of quaternary nitrogens is 1. The quantitative estimate of drug-likeness (QED) is 0.112. The van der Waals surface area contributed by atoms with E-state index >= 15 is 0 Å². The number of nitrogens with zero attached hydrogens (tertiary/aromatic N) is 1. The monoisotopic (exact) mass is 372 g/mol. The Bertz CT molecular complexity index is 285. The van der Waals surface area contributed by atoms with Crippen LogP contribution in [0.15, 0.2) is 0 Å². The van der Waals surface area contributed by atoms with Crippen molar-refractivity contribution in [1.29, 1.82) is 0 Å². The average Bonchev–Trinajstić information content (AvgIpc) is 2.52. The lowest BCUT2D eigenvalue weighted by molar-refractivity contribution is -0.950. The largest absolute Gasteiger partial charge is 0.371 e. The third-order valence-corrected chi connectivity index (χ3v) is 6.50. The first-order chi connectivity index (χ1) is 11.7. The molecule has 0 fully saturated rings. The minimum Gasteiger partial charge on any atom is -0.371 e. The van der Waals surface area contributed by atoms with Gasteiger partial charge in [-0.3, -0.25) is 0 Å². The maximum absolute atomic E-state index is 6.51. The van der Waals surface area contributed by atoms with Gasteiger partial charge in [0.15, 0.2) is 14.5 Å². The van der Waals surface area contributed by atoms with E-state index in [0.29, 0.717) is 6.23 Å². The number of rotatable bonds is 17. The highest BCUT2D eigenvalue weighted by Crippen LogP contribution is 2.21. The minimum atomic E-state index is -1.48. The molecule has 0 aromatic heterocycles. The molecule has 0 heterocycles. The lowest BCUT2D eigenvalue weighted by Crippen LogP contribution is -2.55. The van der Waals surface area contributed by atoms with Crippen LogP contribution in [-0.2, 0) is 4.43 Å². The van der Waals surface area contributed by atoms with Crippen LogP contribution < -0.4 is 0 Å². The molecule has 1 atom stereocenters. The molecule has 1 unspecified atom stereocenters. The molecule has 0 aliphatic heterocycles. The Morgan fingerprint density at radius 2 is 1.04 bits per heavy atom. The highest BCUT2D eigenvalue weighted by Gasteiger charge is 2.32. The SMILES string of the molecule is CCCCCCCC[N+](C)(CCCCCCCC)C(C)O[Si](C)(C)C. The van der Waals surface area contributed by atoms with Crippen LogP contribution in [0.25, 0.3) is 0 Å². The Morgan fingerprint density at radius 1 is 0.680 bits per heavy atom. The fourth-order valence-electron chi connectivity index (χ4n) is 3.62. The van der Waals surface area contributed by atoms with Crippen LogP contribution in [0, 0.1) is 0 Å². The van der Waals surface area contributed by atoms with Crippen molar-refractivity contribution >= 4 is 8.32 Å². The Balaban J connectivity index is 4.37. The second kappa shape index (κ2) is 14.2. The van der Waals surface area contributed by atoms with Gasteiger partial charge in [0, 0.05) is 6.92 Å². The number of hydrogen-bond donors (Lipinski definition) is 0. The fraction of sp³-hybridized carbons (Fsp3) is 1.00. The predicted molar refractivity (Wildman–Crippen MR) is 117 cm³/mol. The zero-order chi connectivity index (χ0) is 19.2. The summed E-state index contributed by atoms with van der Waals surface area (Å²) in [6.45, 7) is 16.5. The van der Waals surface area contributed by atoms with E-state index in [-0.39, 0.29) is 0 Å². The van der Waals surface area contributed by atoms with Gasteiger partial charge in [-0.15, -0.1) is 0 Å². The van der Waals surface area contributed by atoms with E-state index in [4.69, 9.17) is 4.43 Å². The molecule has 0 N–H and O–H groups in total. The van der Waals surface area contributed by atoms with Gasteiger partial charge in [-0.2, -0.15) is 0 Å². The molecule has 25 heavy (non-hydrogen) atoms. The van der Waals surface area contributed by atoms with Crippen LogP contribution in [0.3, 0.4) is 0 Å². The molecule has 0 aliphatic carbocycles. The fourth-order valence-corrected chi connectivity index (χ4v) is 4.90. The van der Waals surface area contributed by atoms with Gasteiger partial charge < -0.3 is 8.91 Å². The zero-order valence-electron chi connectivity index (χ0n) is 18.8. The van der Waals surface area contributed by atoms with E-state index in [9.17, 15) is 0 Å². The van der Waals surface area contributed by atoms with Crippen LogP contribution in [0.4, 0.5) is 0 Å². The molecule has 0 aromatic rings. The third-order valence-electron chi connectivity index (χ3n) is 5.45. The first-order valence-electron chi connectivity index (χ1n) is 11.3. The Kier molecular flexibility index (Phi) is 14.3. The Labute approximate surface area is 161 Å². The van der Waals surface area contributed by atoms with Crippen molar-refractivity contribution in [2.75, 3.05) is 20.1 Å². The second-order valence-corrected chi connectivity index (χ2v) is 13.8. The third kappa shape index (κ3) is 13.9. The van der Waals surface area contributed by atoms with Gasteiger partial charge in [-0.25, -0.2) is 0 Å². The van der Waals surface area contributed by atoms with Gasteiger partial charge in [0.25, 0.3) is 0 Å². The van der Waals surface area contributed by atoms with Crippen molar-refractivity contribution in [1.82, 2.24) is 0 Å². The molecule has 0 bridgehead atoms. The summed E-state index contributed by atoms with van der Waals surface area (Å²) < 4.78 is 7.62. The van der Waals surface area contributed by atoms with Gasteiger partial charge in [-0.05, 0) is 45.3 Å². The summed E-state index contributed by atoms with van der Waals surface area (Å²) in [6.07, 6.45) is 17.0. The van der Waals surface area contributed by atoms with Crippen LogP contribution in [0.5, 0.6) is 0 Å². The first-order valence-corrected chi connectivity index (χ1v) is 14.7.